The van der Waals surface area contributed by atoms with E-state index in [0.29, 0.717) is 16.5 Å². The van der Waals surface area contributed by atoms with Crippen molar-refractivity contribution in [3.63, 3.8) is 0 Å². The fraction of sp³-hybridized carbons (Fsp3) is 0.0500. The SMILES string of the molecule is O=C1CS/C(=N\N=C\c2c(OS(=O)(=O)c3ccc(I)cc3)ccc3ccccc23)N1. The van der Waals surface area contributed by atoms with Gasteiger partial charge in [-0.05, 0) is 63.7 Å². The van der Waals surface area contributed by atoms with Crippen molar-refractivity contribution < 1.29 is 17.4 Å². The Bertz CT molecular complexity index is 1290. The van der Waals surface area contributed by atoms with E-state index in [9.17, 15) is 13.2 Å². The molecule has 0 spiro atoms. The number of carbonyl (C=O) groups excluding carboxylic acids is 1. The summed E-state index contributed by atoms with van der Waals surface area (Å²) < 4.78 is 31.9. The molecule has 1 amide bonds. The van der Waals surface area contributed by atoms with Crippen molar-refractivity contribution in [1.82, 2.24) is 5.32 Å². The quantitative estimate of drug-likeness (QED) is 0.226. The van der Waals surface area contributed by atoms with Crippen LogP contribution in [0, 0.1) is 3.57 Å². The minimum atomic E-state index is -4.03. The van der Waals surface area contributed by atoms with Crippen LogP contribution in [0.1, 0.15) is 5.56 Å². The third-order valence-corrected chi connectivity index (χ3v) is 6.99. The molecule has 1 heterocycles. The highest BCUT2D eigenvalue weighted by atomic mass is 127. The van der Waals surface area contributed by atoms with Crippen LogP contribution in [0.5, 0.6) is 5.75 Å². The van der Waals surface area contributed by atoms with Crippen LogP contribution >= 0.6 is 34.4 Å². The van der Waals surface area contributed by atoms with Crippen LogP contribution in [0.25, 0.3) is 10.8 Å². The Labute approximate surface area is 190 Å². The van der Waals surface area contributed by atoms with Gasteiger partial charge in [-0.3, -0.25) is 4.79 Å². The number of halogens is 1. The van der Waals surface area contributed by atoms with Crippen molar-refractivity contribution in [3.8, 4) is 5.75 Å². The van der Waals surface area contributed by atoms with E-state index >= 15 is 0 Å². The first-order valence-electron chi connectivity index (χ1n) is 8.68. The Morgan fingerprint density at radius 1 is 1.07 bits per heavy atom. The highest BCUT2D eigenvalue weighted by Gasteiger charge is 2.20. The normalized spacial score (nSPS) is 15.8. The van der Waals surface area contributed by atoms with Crippen molar-refractivity contribution in [2.24, 2.45) is 10.2 Å². The average molecular weight is 551 g/mol. The highest BCUT2D eigenvalue weighted by Crippen LogP contribution is 2.29. The topological polar surface area (TPSA) is 97.2 Å². The molecule has 0 saturated carbocycles. The number of fused-ring (bicyclic) bond motifs is 1. The van der Waals surface area contributed by atoms with E-state index in [1.807, 2.05) is 24.3 Å². The van der Waals surface area contributed by atoms with Gasteiger partial charge in [0.1, 0.15) is 4.90 Å². The molecule has 30 heavy (non-hydrogen) atoms. The predicted octanol–water partition coefficient (Wildman–Crippen LogP) is 3.77. The number of thioether (sulfide) groups is 1. The lowest BCUT2D eigenvalue weighted by molar-refractivity contribution is -0.116. The molecule has 1 fully saturated rings. The van der Waals surface area contributed by atoms with Crippen LogP contribution in [0.4, 0.5) is 0 Å². The Morgan fingerprint density at radius 3 is 2.57 bits per heavy atom. The van der Waals surface area contributed by atoms with Gasteiger partial charge in [0, 0.05) is 9.13 Å². The van der Waals surface area contributed by atoms with Crippen LogP contribution in [0.15, 0.2) is 75.8 Å². The maximum atomic E-state index is 12.8. The van der Waals surface area contributed by atoms with Crippen molar-refractivity contribution in [2.45, 2.75) is 4.90 Å². The summed E-state index contributed by atoms with van der Waals surface area (Å²) >= 11 is 3.35. The van der Waals surface area contributed by atoms with Gasteiger partial charge in [-0.1, -0.05) is 42.1 Å². The summed E-state index contributed by atoms with van der Waals surface area (Å²) in [6.45, 7) is 0. The molecule has 0 aliphatic carbocycles. The van der Waals surface area contributed by atoms with Gasteiger partial charge in [-0.15, -0.1) is 5.10 Å². The van der Waals surface area contributed by atoms with E-state index in [2.05, 4.69) is 38.1 Å². The number of hydrogen-bond donors (Lipinski definition) is 1. The molecule has 1 aliphatic rings. The van der Waals surface area contributed by atoms with Crippen LogP contribution in [-0.4, -0.2) is 31.5 Å². The Kier molecular flexibility index (Phi) is 6.06. The molecule has 3 aromatic carbocycles. The second-order valence-electron chi connectivity index (χ2n) is 6.18. The lowest BCUT2D eigenvalue weighted by Crippen LogP contribution is -2.19. The van der Waals surface area contributed by atoms with Gasteiger partial charge in [0.15, 0.2) is 10.9 Å². The molecule has 7 nitrogen and oxygen atoms in total. The fourth-order valence-corrected chi connectivity index (χ4v) is 4.71. The van der Waals surface area contributed by atoms with Crippen molar-refractivity contribution in [2.75, 3.05) is 5.75 Å². The highest BCUT2D eigenvalue weighted by molar-refractivity contribution is 14.1. The second-order valence-corrected chi connectivity index (χ2v) is 9.93. The molecule has 1 aliphatic heterocycles. The summed E-state index contributed by atoms with van der Waals surface area (Å²) in [5.74, 6) is 0.302. The lowest BCUT2D eigenvalue weighted by Gasteiger charge is -2.11. The van der Waals surface area contributed by atoms with Crippen LogP contribution in [0.3, 0.4) is 0 Å². The molecule has 1 saturated heterocycles. The maximum absolute atomic E-state index is 12.8. The molecule has 0 aromatic heterocycles. The number of nitrogens with zero attached hydrogens (tertiary/aromatic N) is 2. The summed E-state index contributed by atoms with van der Waals surface area (Å²) in [7, 11) is -4.03. The fourth-order valence-electron chi connectivity index (χ4n) is 2.77. The molecule has 0 bridgehead atoms. The Morgan fingerprint density at radius 2 is 1.83 bits per heavy atom. The van der Waals surface area contributed by atoms with E-state index < -0.39 is 10.1 Å². The molecular formula is C20H14IN3O4S2. The number of amides is 1. The third-order valence-electron chi connectivity index (χ3n) is 4.15. The number of nitrogens with one attached hydrogen (secondary N) is 1. The maximum Gasteiger partial charge on any atom is 0.339 e. The molecule has 1 N–H and O–H groups in total. The van der Waals surface area contributed by atoms with Crippen LogP contribution in [0.2, 0.25) is 0 Å². The van der Waals surface area contributed by atoms with Gasteiger partial charge >= 0.3 is 10.1 Å². The first kappa shape index (κ1) is 20.8. The molecule has 0 unspecified atom stereocenters. The number of carbonyl (C=O) groups is 1. The summed E-state index contributed by atoms with van der Waals surface area (Å²) in [6.07, 6.45) is 1.43. The lowest BCUT2D eigenvalue weighted by atomic mass is 10.0. The van der Waals surface area contributed by atoms with Crippen molar-refractivity contribution in [3.05, 3.63) is 69.8 Å². The minimum absolute atomic E-state index is 0.0595. The second kappa shape index (κ2) is 8.74. The molecule has 3 aromatic rings. The number of benzene rings is 3. The van der Waals surface area contributed by atoms with Crippen molar-refractivity contribution in [1.29, 1.82) is 0 Å². The van der Waals surface area contributed by atoms with E-state index in [4.69, 9.17) is 4.18 Å². The smallest absolute Gasteiger partial charge is 0.339 e. The van der Waals surface area contributed by atoms with Gasteiger partial charge in [0.25, 0.3) is 0 Å². The van der Waals surface area contributed by atoms with Gasteiger partial charge in [0.05, 0.1) is 12.0 Å². The molecule has 10 heteroatoms. The molecule has 152 valence electrons. The van der Waals surface area contributed by atoms with Gasteiger partial charge < -0.3 is 9.50 Å². The first-order valence-corrected chi connectivity index (χ1v) is 12.2. The zero-order valence-electron chi connectivity index (χ0n) is 15.3. The summed E-state index contributed by atoms with van der Waals surface area (Å²) in [5.41, 5.74) is 0.473. The Balaban J connectivity index is 1.73. The number of rotatable bonds is 5. The monoisotopic (exact) mass is 551 g/mol. The van der Waals surface area contributed by atoms with Gasteiger partial charge in [-0.25, -0.2) is 0 Å². The first-order chi connectivity index (χ1) is 14.4. The molecule has 4 rings (SSSR count). The standard InChI is InChI=1S/C20H14IN3O4S2/c21-14-6-8-15(9-7-14)30(26,27)28-18-10-5-13-3-1-2-4-16(13)17(18)11-22-24-20-23-19(25)12-29-20/h1-11H,12H2,(H,23,24,25)/b22-11+. The minimum Gasteiger partial charge on any atom is -0.378 e. The van der Waals surface area contributed by atoms with E-state index in [1.165, 1.54) is 30.1 Å². The summed E-state index contributed by atoms with van der Waals surface area (Å²) in [4.78, 5) is 11.3. The number of hydrogen-bond acceptors (Lipinski definition) is 7. The van der Waals surface area contributed by atoms with E-state index in [0.717, 1.165) is 14.3 Å². The number of amidine groups is 1. The zero-order valence-corrected chi connectivity index (χ0v) is 19.1. The zero-order chi connectivity index (χ0) is 21.1. The third kappa shape index (κ3) is 4.65. The van der Waals surface area contributed by atoms with Crippen molar-refractivity contribution >= 4 is 72.5 Å². The predicted molar refractivity (Wildman–Crippen MR) is 127 cm³/mol. The molecule has 0 radical (unpaired) electrons. The van der Waals surface area contributed by atoms with Gasteiger partial charge in [0.2, 0.25) is 5.91 Å². The summed E-state index contributed by atoms with van der Waals surface area (Å²) in [5, 5.41) is 12.7. The summed E-state index contributed by atoms with van der Waals surface area (Å²) in [6, 6.07) is 17.2. The Hall–Kier alpha value is -2.44. The van der Waals surface area contributed by atoms with Crippen LogP contribution in [-0.2, 0) is 14.9 Å². The van der Waals surface area contributed by atoms with Gasteiger partial charge in [-0.2, -0.15) is 13.5 Å². The molecular weight excluding hydrogens is 537 g/mol. The van der Waals surface area contributed by atoms with Crippen LogP contribution < -0.4 is 9.50 Å². The molecule has 0 atom stereocenters. The van der Waals surface area contributed by atoms with E-state index in [1.54, 1.807) is 24.3 Å². The van der Waals surface area contributed by atoms with E-state index in [-0.39, 0.29) is 16.6 Å². The largest absolute Gasteiger partial charge is 0.378 e. The average Bonchev–Trinajstić information content (AvgIpc) is 3.14.